The fourth-order valence-corrected chi connectivity index (χ4v) is 4.29. The van der Waals surface area contributed by atoms with Crippen LogP contribution in [0.1, 0.15) is 5.56 Å². The van der Waals surface area contributed by atoms with Crippen molar-refractivity contribution in [3.63, 3.8) is 0 Å². The first kappa shape index (κ1) is 22.3. The van der Waals surface area contributed by atoms with E-state index in [0.717, 1.165) is 23.4 Å². The predicted molar refractivity (Wildman–Crippen MR) is 127 cm³/mol. The highest BCUT2D eigenvalue weighted by atomic mass is 35.5. The highest BCUT2D eigenvalue weighted by Crippen LogP contribution is 2.22. The van der Waals surface area contributed by atoms with Crippen molar-refractivity contribution in [1.82, 2.24) is 9.55 Å². The highest BCUT2D eigenvalue weighted by Gasteiger charge is 2.15. The summed E-state index contributed by atoms with van der Waals surface area (Å²) >= 11 is 12.9. The summed E-state index contributed by atoms with van der Waals surface area (Å²) in [6, 6.07) is 18.2. The first-order valence-electron chi connectivity index (χ1n) is 9.52. The molecule has 32 heavy (non-hydrogen) atoms. The topological polar surface area (TPSA) is 64.0 Å². The van der Waals surface area contributed by atoms with Crippen molar-refractivity contribution in [2.75, 3.05) is 11.1 Å². The molecule has 9 heteroatoms. The number of nitrogens with zero attached hydrogens (tertiary/aromatic N) is 2. The third kappa shape index (κ3) is 5.12. The van der Waals surface area contributed by atoms with Crippen molar-refractivity contribution >= 4 is 57.5 Å². The van der Waals surface area contributed by atoms with Crippen molar-refractivity contribution in [3.05, 3.63) is 98.5 Å². The minimum Gasteiger partial charge on any atom is -0.323 e. The van der Waals surface area contributed by atoms with E-state index in [1.165, 1.54) is 16.7 Å². The van der Waals surface area contributed by atoms with Crippen LogP contribution in [0.3, 0.4) is 0 Å². The largest absolute Gasteiger partial charge is 0.323 e. The van der Waals surface area contributed by atoms with E-state index in [-0.39, 0.29) is 28.6 Å². The molecule has 3 aromatic carbocycles. The number of thioether (sulfide) groups is 1. The van der Waals surface area contributed by atoms with Crippen LogP contribution in [0, 0.1) is 5.82 Å². The Bertz CT molecular complexity index is 1380. The van der Waals surface area contributed by atoms with Gasteiger partial charge >= 0.3 is 0 Å². The fourth-order valence-electron chi connectivity index (χ4n) is 3.12. The molecule has 1 heterocycles. The molecular weight excluding hydrogens is 472 g/mol. The maximum absolute atomic E-state index is 14.0. The molecule has 0 unspecified atom stereocenters. The second kappa shape index (κ2) is 9.73. The number of hydrogen-bond donors (Lipinski definition) is 1. The number of carbonyl (C=O) groups is 1. The highest BCUT2D eigenvalue weighted by molar-refractivity contribution is 7.99. The fraction of sp³-hybridized carbons (Fsp3) is 0.0870. The molecule has 5 nitrogen and oxygen atoms in total. The first-order chi connectivity index (χ1) is 15.4. The van der Waals surface area contributed by atoms with Crippen LogP contribution in [-0.4, -0.2) is 21.2 Å². The molecule has 0 saturated carbocycles. The van der Waals surface area contributed by atoms with Crippen molar-refractivity contribution in [2.24, 2.45) is 0 Å². The standard InChI is InChI=1S/C23H16Cl2FN3O2S/c24-15-5-3-4-14(10-15)12-29-22(31)17-6-1-2-7-19(17)28-23(29)32-13-21(30)27-20-9-8-16(25)11-18(20)26/h1-11H,12-13H2,(H,27,30). The summed E-state index contributed by atoms with van der Waals surface area (Å²) in [4.78, 5) is 30.2. The molecule has 0 saturated heterocycles. The molecule has 1 N–H and O–H groups in total. The van der Waals surface area contributed by atoms with Crippen LogP contribution in [0.5, 0.6) is 0 Å². The molecule has 4 rings (SSSR count). The number of amides is 1. The Labute approximate surface area is 197 Å². The van der Waals surface area contributed by atoms with E-state index in [1.54, 1.807) is 42.5 Å². The van der Waals surface area contributed by atoms with Crippen LogP contribution in [0.25, 0.3) is 10.9 Å². The molecule has 162 valence electrons. The van der Waals surface area contributed by atoms with Crippen LogP contribution < -0.4 is 10.9 Å². The van der Waals surface area contributed by atoms with E-state index < -0.39 is 11.7 Å². The number of halogens is 3. The molecule has 0 bridgehead atoms. The number of nitrogens with one attached hydrogen (secondary N) is 1. The van der Waals surface area contributed by atoms with Gasteiger partial charge in [-0.05, 0) is 48.0 Å². The SMILES string of the molecule is O=C(CSc1nc2ccccc2c(=O)n1Cc1cccc(Cl)c1)Nc1ccc(Cl)cc1F. The lowest BCUT2D eigenvalue weighted by atomic mass is 10.2. The second-order valence-electron chi connectivity index (χ2n) is 6.89. The van der Waals surface area contributed by atoms with Gasteiger partial charge in [0.05, 0.1) is 28.9 Å². The summed E-state index contributed by atoms with van der Waals surface area (Å²) in [5.41, 5.74) is 1.17. The van der Waals surface area contributed by atoms with Crippen LogP contribution in [-0.2, 0) is 11.3 Å². The van der Waals surface area contributed by atoms with Gasteiger partial charge in [0.25, 0.3) is 5.56 Å². The summed E-state index contributed by atoms with van der Waals surface area (Å²) in [7, 11) is 0. The molecule has 0 atom stereocenters. The number of fused-ring (bicyclic) bond motifs is 1. The number of benzene rings is 3. The van der Waals surface area contributed by atoms with Gasteiger partial charge in [0.2, 0.25) is 5.91 Å². The molecule has 1 amide bonds. The summed E-state index contributed by atoms with van der Waals surface area (Å²) in [6.45, 7) is 0.243. The number of anilines is 1. The van der Waals surface area contributed by atoms with E-state index >= 15 is 0 Å². The Balaban J connectivity index is 1.61. The monoisotopic (exact) mass is 487 g/mol. The normalized spacial score (nSPS) is 11.0. The minimum atomic E-state index is -0.627. The Hall–Kier alpha value is -2.87. The van der Waals surface area contributed by atoms with E-state index in [9.17, 15) is 14.0 Å². The smallest absolute Gasteiger partial charge is 0.262 e. The van der Waals surface area contributed by atoms with Gasteiger partial charge in [0.1, 0.15) is 5.82 Å². The quantitative estimate of drug-likeness (QED) is 0.283. The molecule has 0 aliphatic heterocycles. The van der Waals surface area contributed by atoms with E-state index in [2.05, 4.69) is 10.3 Å². The van der Waals surface area contributed by atoms with Gasteiger partial charge in [-0.15, -0.1) is 0 Å². The molecular formula is C23H16Cl2FN3O2S. The Kier molecular flexibility index (Phi) is 6.79. The van der Waals surface area contributed by atoms with Gasteiger partial charge in [-0.25, -0.2) is 9.37 Å². The zero-order valence-corrected chi connectivity index (χ0v) is 18.8. The van der Waals surface area contributed by atoms with Gasteiger partial charge in [-0.2, -0.15) is 0 Å². The molecule has 0 spiro atoms. The summed E-state index contributed by atoms with van der Waals surface area (Å²) < 4.78 is 15.5. The van der Waals surface area contributed by atoms with Crippen molar-refractivity contribution in [2.45, 2.75) is 11.7 Å². The van der Waals surface area contributed by atoms with Crippen LogP contribution in [0.2, 0.25) is 10.0 Å². The second-order valence-corrected chi connectivity index (χ2v) is 8.71. The van der Waals surface area contributed by atoms with Crippen LogP contribution in [0.15, 0.2) is 76.7 Å². The Morgan fingerprint density at radius 1 is 1.03 bits per heavy atom. The lowest BCUT2D eigenvalue weighted by Crippen LogP contribution is -2.25. The predicted octanol–water partition coefficient (Wildman–Crippen LogP) is 5.62. The molecule has 1 aromatic heterocycles. The summed E-state index contributed by atoms with van der Waals surface area (Å²) in [6.07, 6.45) is 0. The lowest BCUT2D eigenvalue weighted by molar-refractivity contribution is -0.113. The zero-order valence-electron chi connectivity index (χ0n) is 16.5. The molecule has 0 fully saturated rings. The zero-order chi connectivity index (χ0) is 22.7. The van der Waals surface area contributed by atoms with Gasteiger partial charge in [0, 0.05) is 10.0 Å². The molecule has 4 aromatic rings. The number of hydrogen-bond acceptors (Lipinski definition) is 4. The van der Waals surface area contributed by atoms with Crippen LogP contribution in [0.4, 0.5) is 10.1 Å². The molecule has 0 aliphatic carbocycles. The van der Waals surface area contributed by atoms with Crippen LogP contribution >= 0.6 is 35.0 Å². The van der Waals surface area contributed by atoms with E-state index in [4.69, 9.17) is 23.2 Å². The van der Waals surface area contributed by atoms with Gasteiger partial charge < -0.3 is 5.32 Å². The van der Waals surface area contributed by atoms with Crippen molar-refractivity contribution < 1.29 is 9.18 Å². The first-order valence-corrected chi connectivity index (χ1v) is 11.3. The van der Waals surface area contributed by atoms with E-state index in [0.29, 0.717) is 21.1 Å². The molecule has 0 aliphatic rings. The Morgan fingerprint density at radius 2 is 1.81 bits per heavy atom. The third-order valence-electron chi connectivity index (χ3n) is 4.59. The maximum Gasteiger partial charge on any atom is 0.262 e. The van der Waals surface area contributed by atoms with Crippen molar-refractivity contribution in [1.29, 1.82) is 0 Å². The van der Waals surface area contributed by atoms with Gasteiger partial charge in [-0.1, -0.05) is 59.2 Å². The third-order valence-corrected chi connectivity index (χ3v) is 6.04. The van der Waals surface area contributed by atoms with Gasteiger partial charge in [0.15, 0.2) is 5.16 Å². The minimum absolute atomic E-state index is 0.0304. The summed E-state index contributed by atoms with van der Waals surface area (Å²) in [5, 5.41) is 4.16. The number of para-hydroxylation sites is 1. The summed E-state index contributed by atoms with van der Waals surface area (Å²) in [5.74, 6) is -1.13. The van der Waals surface area contributed by atoms with Crippen molar-refractivity contribution in [3.8, 4) is 0 Å². The molecule has 0 radical (unpaired) electrons. The average molecular weight is 488 g/mol. The number of aromatic nitrogens is 2. The maximum atomic E-state index is 14.0. The number of carbonyl (C=O) groups excluding carboxylic acids is 1. The number of rotatable bonds is 6. The lowest BCUT2D eigenvalue weighted by Gasteiger charge is -2.13. The van der Waals surface area contributed by atoms with E-state index in [1.807, 2.05) is 6.07 Å². The average Bonchev–Trinajstić information content (AvgIpc) is 2.76. The van der Waals surface area contributed by atoms with Gasteiger partial charge in [-0.3, -0.25) is 14.2 Å². The Morgan fingerprint density at radius 3 is 2.59 bits per heavy atom.